The van der Waals surface area contributed by atoms with E-state index in [1.807, 2.05) is 42.5 Å². The molecule has 34 heavy (non-hydrogen) atoms. The van der Waals surface area contributed by atoms with Crippen LogP contribution < -0.4 is 4.57 Å². The lowest BCUT2D eigenvalue weighted by molar-refractivity contribution is -0.660. The summed E-state index contributed by atoms with van der Waals surface area (Å²) in [5.41, 5.74) is 10.1. The summed E-state index contributed by atoms with van der Waals surface area (Å²) in [6.07, 6.45) is 3.18. The molecule has 0 radical (unpaired) electrons. The summed E-state index contributed by atoms with van der Waals surface area (Å²) < 4.78 is 8.92. The van der Waals surface area contributed by atoms with Crippen molar-refractivity contribution < 1.29 is 8.98 Å². The minimum Gasteiger partial charge on any atom is -0.456 e. The van der Waals surface area contributed by atoms with Crippen molar-refractivity contribution in [1.82, 2.24) is 0 Å². The molecule has 3 heteroatoms. The molecule has 0 aliphatic rings. The molecule has 168 valence electrons. The average Bonchev–Trinajstić information content (AvgIpc) is 3.20. The highest BCUT2D eigenvalue weighted by Crippen LogP contribution is 2.45. The van der Waals surface area contributed by atoms with E-state index in [1.54, 1.807) is 0 Å². The predicted octanol–water partition coefficient (Wildman–Crippen LogP) is 8.11. The van der Waals surface area contributed by atoms with Gasteiger partial charge < -0.3 is 4.42 Å². The number of fused-ring (bicyclic) bond motifs is 3. The van der Waals surface area contributed by atoms with Crippen LogP contribution in [0.15, 0.2) is 71.3 Å². The molecule has 0 aliphatic carbocycles. The van der Waals surface area contributed by atoms with Gasteiger partial charge >= 0.3 is 0 Å². The minimum atomic E-state index is 0.589. The van der Waals surface area contributed by atoms with Crippen LogP contribution in [0.3, 0.4) is 0 Å². The zero-order chi connectivity index (χ0) is 24.0. The van der Waals surface area contributed by atoms with Gasteiger partial charge in [-0.05, 0) is 48.4 Å². The lowest BCUT2D eigenvalue weighted by atomic mass is 9.94. The average molecular weight is 446 g/mol. The third kappa shape index (κ3) is 3.56. The van der Waals surface area contributed by atoms with Crippen molar-refractivity contribution in [2.45, 2.75) is 34.1 Å². The van der Waals surface area contributed by atoms with Gasteiger partial charge in [-0.1, -0.05) is 62.4 Å². The summed E-state index contributed by atoms with van der Waals surface area (Å²) in [4.78, 5) is 3.83. The number of hydrogen-bond donors (Lipinski definition) is 0. The van der Waals surface area contributed by atoms with Gasteiger partial charge in [0.15, 0.2) is 11.9 Å². The molecular weight excluding hydrogens is 416 g/mol. The largest absolute Gasteiger partial charge is 0.456 e. The number of furan rings is 1. The second-order valence-electron chi connectivity index (χ2n) is 9.63. The van der Waals surface area contributed by atoms with Crippen LogP contribution in [0.25, 0.3) is 49.2 Å². The first-order valence-electron chi connectivity index (χ1n) is 11.8. The van der Waals surface area contributed by atoms with Crippen molar-refractivity contribution in [2.24, 2.45) is 13.0 Å². The molecule has 0 saturated heterocycles. The summed E-state index contributed by atoms with van der Waals surface area (Å²) in [6, 6.07) is 20.8. The van der Waals surface area contributed by atoms with E-state index in [0.29, 0.717) is 11.6 Å². The first-order chi connectivity index (χ1) is 16.4. The van der Waals surface area contributed by atoms with E-state index in [4.69, 9.17) is 11.0 Å². The highest BCUT2D eigenvalue weighted by atomic mass is 16.3. The summed E-state index contributed by atoms with van der Waals surface area (Å²) in [7, 11) is 2.09. The standard InChI is InChI=1S/C31H29N2O/c1-19(2)16-22-14-15-33(6)26(18-22)28-21(4)17-20(3)27-24-12-13-25(32-5)29(30(24)34-31(27)28)23-10-8-7-9-11-23/h7-15,17-19H,16H2,1-4,6H3/q+1. The fourth-order valence-corrected chi connectivity index (χ4v) is 5.12. The molecule has 3 aromatic carbocycles. The lowest BCUT2D eigenvalue weighted by Crippen LogP contribution is -2.31. The fourth-order valence-electron chi connectivity index (χ4n) is 5.12. The Hall–Kier alpha value is -3.90. The highest BCUT2D eigenvalue weighted by Gasteiger charge is 2.24. The first kappa shape index (κ1) is 21.9. The molecule has 0 saturated carbocycles. The molecule has 0 atom stereocenters. The minimum absolute atomic E-state index is 0.589. The Morgan fingerprint density at radius 2 is 1.68 bits per heavy atom. The van der Waals surface area contributed by atoms with Crippen molar-refractivity contribution in [3.8, 4) is 22.4 Å². The molecule has 3 nitrogen and oxygen atoms in total. The van der Waals surface area contributed by atoms with Crippen LogP contribution in [0.2, 0.25) is 0 Å². The van der Waals surface area contributed by atoms with Gasteiger partial charge in [-0.25, -0.2) is 9.41 Å². The number of hydrogen-bond acceptors (Lipinski definition) is 1. The van der Waals surface area contributed by atoms with E-state index in [1.165, 1.54) is 16.7 Å². The van der Waals surface area contributed by atoms with Gasteiger partial charge in [0.05, 0.1) is 12.1 Å². The Morgan fingerprint density at radius 3 is 2.38 bits per heavy atom. The highest BCUT2D eigenvalue weighted by molar-refractivity contribution is 6.16. The van der Waals surface area contributed by atoms with E-state index in [2.05, 4.69) is 68.6 Å². The molecule has 5 rings (SSSR count). The van der Waals surface area contributed by atoms with Gasteiger partial charge in [0.2, 0.25) is 5.69 Å². The monoisotopic (exact) mass is 445 g/mol. The smallest absolute Gasteiger partial charge is 0.216 e. The van der Waals surface area contributed by atoms with E-state index in [-0.39, 0.29) is 0 Å². The van der Waals surface area contributed by atoms with Gasteiger partial charge in [-0.2, -0.15) is 0 Å². The van der Waals surface area contributed by atoms with Gasteiger partial charge in [-0.3, -0.25) is 0 Å². The molecule has 5 aromatic rings. The molecule has 0 aliphatic heterocycles. The topological polar surface area (TPSA) is 21.4 Å². The van der Waals surface area contributed by atoms with Gasteiger partial charge in [0.1, 0.15) is 18.2 Å². The third-order valence-corrected chi connectivity index (χ3v) is 6.58. The van der Waals surface area contributed by atoms with Gasteiger partial charge in [0, 0.05) is 28.5 Å². The quantitative estimate of drug-likeness (QED) is 0.202. The number of aryl methyl sites for hydroxylation is 3. The molecule has 2 aromatic heterocycles. The van der Waals surface area contributed by atoms with Crippen LogP contribution in [0.1, 0.15) is 30.5 Å². The van der Waals surface area contributed by atoms with Crippen molar-refractivity contribution in [1.29, 1.82) is 0 Å². The summed E-state index contributed by atoms with van der Waals surface area (Å²) >= 11 is 0. The zero-order valence-corrected chi connectivity index (χ0v) is 20.4. The number of aromatic nitrogens is 1. The summed E-state index contributed by atoms with van der Waals surface area (Å²) in [6.45, 7) is 16.6. The fraction of sp³-hybridized carbons (Fsp3) is 0.226. The lowest BCUT2D eigenvalue weighted by Gasteiger charge is -2.10. The maximum Gasteiger partial charge on any atom is 0.216 e. The number of rotatable bonds is 4. The van der Waals surface area contributed by atoms with Crippen molar-refractivity contribution >= 4 is 27.6 Å². The Labute approximate surface area is 201 Å². The van der Waals surface area contributed by atoms with Crippen LogP contribution in [0.5, 0.6) is 0 Å². The second kappa shape index (κ2) is 8.47. The van der Waals surface area contributed by atoms with Gasteiger partial charge in [0.25, 0.3) is 0 Å². The van der Waals surface area contributed by atoms with E-state index in [9.17, 15) is 0 Å². The Kier molecular flexibility index (Phi) is 5.46. The molecule has 0 fully saturated rings. The summed E-state index contributed by atoms with van der Waals surface area (Å²) in [5, 5.41) is 2.18. The van der Waals surface area contributed by atoms with Crippen molar-refractivity contribution in [3.05, 3.63) is 95.0 Å². The molecule has 0 spiro atoms. The Morgan fingerprint density at radius 1 is 0.912 bits per heavy atom. The Bertz CT molecular complexity index is 1580. The van der Waals surface area contributed by atoms with E-state index >= 15 is 0 Å². The van der Waals surface area contributed by atoms with Crippen LogP contribution in [0.4, 0.5) is 5.69 Å². The number of benzene rings is 3. The molecule has 0 bridgehead atoms. The second-order valence-corrected chi connectivity index (χ2v) is 9.63. The molecule has 2 heterocycles. The number of pyridine rings is 1. The summed E-state index contributed by atoms with van der Waals surface area (Å²) in [5.74, 6) is 0.589. The van der Waals surface area contributed by atoms with Crippen LogP contribution in [-0.2, 0) is 13.5 Å². The maximum absolute atomic E-state index is 7.78. The maximum atomic E-state index is 7.78. The first-order valence-corrected chi connectivity index (χ1v) is 11.8. The third-order valence-electron chi connectivity index (χ3n) is 6.58. The van der Waals surface area contributed by atoms with E-state index < -0.39 is 0 Å². The SMILES string of the molecule is [C-]#[N+]c1ccc2c(oc3c(-c4cc(CC(C)C)cc[n+]4C)c(C)cc(C)c32)c1-c1ccccc1. The number of nitrogens with zero attached hydrogens (tertiary/aromatic N) is 2. The molecule has 0 N–H and O–H groups in total. The van der Waals surface area contributed by atoms with Crippen molar-refractivity contribution in [2.75, 3.05) is 0 Å². The normalized spacial score (nSPS) is 11.4. The molecule has 0 amide bonds. The molecule has 0 unspecified atom stereocenters. The van der Waals surface area contributed by atoms with Crippen LogP contribution in [-0.4, -0.2) is 0 Å². The molecular formula is C31H29N2O+. The van der Waals surface area contributed by atoms with E-state index in [0.717, 1.165) is 50.7 Å². The van der Waals surface area contributed by atoms with Gasteiger partial charge in [-0.15, -0.1) is 0 Å². The predicted molar refractivity (Wildman–Crippen MR) is 140 cm³/mol. The van der Waals surface area contributed by atoms with Crippen LogP contribution >= 0.6 is 0 Å². The zero-order valence-electron chi connectivity index (χ0n) is 20.4. The van der Waals surface area contributed by atoms with Crippen LogP contribution in [0, 0.1) is 26.3 Å². The van der Waals surface area contributed by atoms with Crippen molar-refractivity contribution in [3.63, 3.8) is 0 Å². The Balaban J connectivity index is 1.89.